The summed E-state index contributed by atoms with van der Waals surface area (Å²) >= 11 is 0. The third kappa shape index (κ3) is 2.91. The second-order valence-electron chi connectivity index (χ2n) is 6.65. The van der Waals surface area contributed by atoms with E-state index in [4.69, 9.17) is 9.72 Å². The number of anilines is 2. The fourth-order valence-electron chi connectivity index (χ4n) is 3.52. The van der Waals surface area contributed by atoms with E-state index < -0.39 is 0 Å². The molecule has 5 rings (SSSR count). The molecule has 0 spiro atoms. The number of nitrogens with zero attached hydrogens (tertiary/aromatic N) is 3. The van der Waals surface area contributed by atoms with Gasteiger partial charge in [0.1, 0.15) is 23.0 Å². The van der Waals surface area contributed by atoms with E-state index in [0.29, 0.717) is 16.9 Å². The van der Waals surface area contributed by atoms with E-state index in [1.807, 2.05) is 65.2 Å². The first-order valence-electron chi connectivity index (χ1n) is 9.19. The van der Waals surface area contributed by atoms with Crippen LogP contribution in [0.15, 0.2) is 79.3 Å². The maximum absolute atomic E-state index is 10.7. The predicted octanol–water partition coefficient (Wildman–Crippen LogP) is 5.01. The van der Waals surface area contributed by atoms with Gasteiger partial charge in [0.05, 0.1) is 18.9 Å². The number of benzene rings is 3. The molecule has 6 heteroatoms. The van der Waals surface area contributed by atoms with Gasteiger partial charge in [-0.2, -0.15) is 0 Å². The van der Waals surface area contributed by atoms with Gasteiger partial charge in [-0.1, -0.05) is 30.3 Å². The van der Waals surface area contributed by atoms with Crippen molar-refractivity contribution >= 4 is 27.9 Å². The molecule has 6 nitrogen and oxygen atoms in total. The average molecular weight is 382 g/mol. The minimum absolute atomic E-state index is 0.179. The first kappa shape index (κ1) is 17.1. The molecule has 0 amide bonds. The number of aromatic hydroxyl groups is 1. The summed E-state index contributed by atoms with van der Waals surface area (Å²) in [5, 5.41) is 16.1. The maximum atomic E-state index is 10.7. The maximum Gasteiger partial charge on any atom is 0.157 e. The minimum atomic E-state index is 0.179. The predicted molar refractivity (Wildman–Crippen MR) is 114 cm³/mol. The lowest BCUT2D eigenvalue weighted by Gasteiger charge is -2.12. The topological polar surface area (TPSA) is 71.7 Å². The highest BCUT2D eigenvalue weighted by Gasteiger charge is 2.19. The number of methoxy groups -OCH3 is 1. The second-order valence-corrected chi connectivity index (χ2v) is 6.65. The standard InChI is InChI=1S/C23H18N4O2/c1-29-17-9-7-16(8-10-17)25-23-22(26-20-14-24-12-13-27(20)23)21-18-5-3-2-4-15(18)6-11-19(21)28/h2-14,25,28H,1H3. The molecule has 2 N–H and O–H groups in total. The van der Waals surface area contributed by atoms with E-state index in [9.17, 15) is 5.11 Å². The Balaban J connectivity index is 1.75. The monoisotopic (exact) mass is 382 g/mol. The molecule has 3 aromatic carbocycles. The summed E-state index contributed by atoms with van der Waals surface area (Å²) in [6.07, 6.45) is 5.26. The van der Waals surface area contributed by atoms with Crippen LogP contribution in [0.25, 0.3) is 27.7 Å². The smallest absolute Gasteiger partial charge is 0.157 e. The van der Waals surface area contributed by atoms with Crippen LogP contribution in [-0.4, -0.2) is 26.6 Å². The van der Waals surface area contributed by atoms with E-state index in [1.54, 1.807) is 25.6 Å². The zero-order valence-corrected chi connectivity index (χ0v) is 15.7. The SMILES string of the molecule is COc1ccc(Nc2c(-c3c(O)ccc4ccccc34)nc3cnccn23)cc1. The highest BCUT2D eigenvalue weighted by molar-refractivity contribution is 6.01. The van der Waals surface area contributed by atoms with E-state index >= 15 is 0 Å². The summed E-state index contributed by atoms with van der Waals surface area (Å²) in [5.41, 5.74) is 2.90. The summed E-state index contributed by atoms with van der Waals surface area (Å²) in [4.78, 5) is 8.96. The number of nitrogens with one attached hydrogen (secondary N) is 1. The average Bonchev–Trinajstić information content (AvgIpc) is 3.12. The number of aromatic nitrogens is 3. The van der Waals surface area contributed by atoms with Gasteiger partial charge in [0.15, 0.2) is 5.65 Å². The van der Waals surface area contributed by atoms with Crippen molar-refractivity contribution in [3.8, 4) is 22.8 Å². The van der Waals surface area contributed by atoms with Crippen molar-refractivity contribution < 1.29 is 9.84 Å². The third-order valence-corrected chi connectivity index (χ3v) is 4.93. The summed E-state index contributed by atoms with van der Waals surface area (Å²) < 4.78 is 7.17. The molecule has 29 heavy (non-hydrogen) atoms. The fraction of sp³-hybridized carbons (Fsp3) is 0.0435. The Labute approximate surface area is 167 Å². The molecule has 0 saturated carbocycles. The molecule has 2 aromatic heterocycles. The molecule has 142 valence electrons. The number of hydrogen-bond acceptors (Lipinski definition) is 5. The third-order valence-electron chi connectivity index (χ3n) is 4.93. The molecule has 0 atom stereocenters. The normalized spacial score (nSPS) is 11.1. The molecule has 5 aromatic rings. The number of ether oxygens (including phenoxy) is 1. The number of rotatable bonds is 4. The highest BCUT2D eigenvalue weighted by atomic mass is 16.5. The largest absolute Gasteiger partial charge is 0.507 e. The first-order chi connectivity index (χ1) is 14.2. The quantitative estimate of drug-likeness (QED) is 0.457. The summed E-state index contributed by atoms with van der Waals surface area (Å²) in [6.45, 7) is 0. The Morgan fingerprint density at radius 3 is 2.66 bits per heavy atom. The van der Waals surface area contributed by atoms with Crippen molar-refractivity contribution in [2.75, 3.05) is 12.4 Å². The van der Waals surface area contributed by atoms with Crippen molar-refractivity contribution in [3.63, 3.8) is 0 Å². The summed E-state index contributed by atoms with van der Waals surface area (Å²) in [6, 6.07) is 19.2. The van der Waals surface area contributed by atoms with Gasteiger partial charge in [0, 0.05) is 18.1 Å². The lowest BCUT2D eigenvalue weighted by Crippen LogP contribution is -1.97. The van der Waals surface area contributed by atoms with Gasteiger partial charge in [-0.15, -0.1) is 0 Å². The molecular formula is C23H18N4O2. The van der Waals surface area contributed by atoms with Crippen LogP contribution in [0, 0.1) is 0 Å². The Morgan fingerprint density at radius 2 is 1.83 bits per heavy atom. The number of phenols is 1. The molecule has 0 radical (unpaired) electrons. The van der Waals surface area contributed by atoms with Gasteiger partial charge < -0.3 is 15.2 Å². The number of imidazole rings is 1. The van der Waals surface area contributed by atoms with Crippen LogP contribution >= 0.6 is 0 Å². The summed E-state index contributed by atoms with van der Waals surface area (Å²) in [7, 11) is 1.64. The van der Waals surface area contributed by atoms with E-state index in [-0.39, 0.29) is 5.75 Å². The molecular weight excluding hydrogens is 364 g/mol. The van der Waals surface area contributed by atoms with Crippen LogP contribution in [0.2, 0.25) is 0 Å². The van der Waals surface area contributed by atoms with Crippen LogP contribution in [-0.2, 0) is 0 Å². The Bertz CT molecular complexity index is 1330. The molecule has 0 saturated heterocycles. The lowest BCUT2D eigenvalue weighted by molar-refractivity contribution is 0.415. The Morgan fingerprint density at radius 1 is 1.00 bits per heavy atom. The fourth-order valence-corrected chi connectivity index (χ4v) is 3.52. The Hall–Kier alpha value is -4.06. The highest BCUT2D eigenvalue weighted by Crippen LogP contribution is 2.40. The van der Waals surface area contributed by atoms with Crippen molar-refractivity contribution in [2.45, 2.75) is 0 Å². The molecule has 0 aliphatic carbocycles. The van der Waals surface area contributed by atoms with Gasteiger partial charge in [-0.05, 0) is 41.1 Å². The van der Waals surface area contributed by atoms with Gasteiger partial charge in [0.2, 0.25) is 0 Å². The molecule has 0 unspecified atom stereocenters. The van der Waals surface area contributed by atoms with Crippen LogP contribution in [0.1, 0.15) is 0 Å². The van der Waals surface area contributed by atoms with Crippen molar-refractivity contribution in [1.29, 1.82) is 0 Å². The second kappa shape index (κ2) is 6.83. The van der Waals surface area contributed by atoms with E-state index in [1.165, 1.54) is 0 Å². The van der Waals surface area contributed by atoms with Gasteiger partial charge in [-0.3, -0.25) is 9.38 Å². The van der Waals surface area contributed by atoms with Crippen LogP contribution in [0.5, 0.6) is 11.5 Å². The van der Waals surface area contributed by atoms with Crippen LogP contribution in [0.3, 0.4) is 0 Å². The van der Waals surface area contributed by atoms with Crippen LogP contribution < -0.4 is 10.1 Å². The lowest BCUT2D eigenvalue weighted by atomic mass is 10.0. The first-order valence-corrected chi connectivity index (χ1v) is 9.19. The number of phenolic OH excluding ortho intramolecular Hbond substituents is 1. The van der Waals surface area contributed by atoms with Crippen molar-refractivity contribution in [2.24, 2.45) is 0 Å². The molecule has 0 fully saturated rings. The summed E-state index contributed by atoms with van der Waals surface area (Å²) in [5.74, 6) is 1.71. The van der Waals surface area contributed by atoms with E-state index in [0.717, 1.165) is 28.0 Å². The van der Waals surface area contributed by atoms with E-state index in [2.05, 4.69) is 10.3 Å². The van der Waals surface area contributed by atoms with Crippen molar-refractivity contribution in [1.82, 2.24) is 14.4 Å². The van der Waals surface area contributed by atoms with Crippen LogP contribution in [0.4, 0.5) is 11.5 Å². The molecule has 2 heterocycles. The number of fused-ring (bicyclic) bond motifs is 2. The Kier molecular flexibility index (Phi) is 4.02. The molecule has 0 bridgehead atoms. The van der Waals surface area contributed by atoms with Gasteiger partial charge in [-0.25, -0.2) is 4.98 Å². The molecule has 0 aliphatic rings. The van der Waals surface area contributed by atoms with Gasteiger partial charge >= 0.3 is 0 Å². The van der Waals surface area contributed by atoms with Crippen molar-refractivity contribution in [3.05, 3.63) is 79.3 Å². The minimum Gasteiger partial charge on any atom is -0.507 e. The zero-order chi connectivity index (χ0) is 19.8. The number of hydrogen-bond donors (Lipinski definition) is 2. The molecule has 0 aliphatic heterocycles. The zero-order valence-electron chi connectivity index (χ0n) is 15.7. The van der Waals surface area contributed by atoms with Gasteiger partial charge in [0.25, 0.3) is 0 Å².